The van der Waals surface area contributed by atoms with Crippen molar-refractivity contribution < 1.29 is 24.0 Å². The van der Waals surface area contributed by atoms with Gasteiger partial charge in [-0.1, -0.05) is 78.4 Å². The molecule has 0 aliphatic carbocycles. The first-order valence-corrected chi connectivity index (χ1v) is 19.1. The number of primary amides is 1. The quantitative estimate of drug-likeness (QED) is 0.0594. The number of fused-ring (bicyclic) bond motifs is 1. The molecule has 6 amide bonds. The molecule has 0 spiro atoms. The molecule has 2 heterocycles. The topological polar surface area (TPSA) is 214 Å². The SMILES string of the molecule is Cc1ccc(CNC(=O)[C@H](CCCNC(N)=O)NC(=O)[C@H](Cc2c[nH]c3ccccc23)NC(=O)[C@@H]2CCCCN2C(=O)[C@H](Cc2ccccc2)NCC#N)cc1. The molecule has 8 N–H and O–H groups in total. The number of H-pyrrole nitrogens is 1. The molecule has 14 nitrogen and oxygen atoms in total. The number of hydrogen-bond donors (Lipinski definition) is 7. The zero-order valence-corrected chi connectivity index (χ0v) is 31.7. The van der Waals surface area contributed by atoms with E-state index in [1.165, 1.54) is 0 Å². The third kappa shape index (κ3) is 11.6. The van der Waals surface area contributed by atoms with E-state index >= 15 is 0 Å². The van der Waals surface area contributed by atoms with E-state index in [1.807, 2.05) is 91.9 Å². The number of nitrogens with two attached hydrogens (primary N) is 1. The Labute approximate surface area is 327 Å². The number of aryl methyl sites for hydroxylation is 1. The normalized spacial score (nSPS) is 15.5. The molecule has 294 valence electrons. The number of carbonyl (C=O) groups is 5. The van der Waals surface area contributed by atoms with E-state index < -0.39 is 47.9 Å². The maximum absolute atomic E-state index is 14.3. The van der Waals surface area contributed by atoms with Gasteiger partial charge in [0.1, 0.15) is 18.1 Å². The highest BCUT2D eigenvalue weighted by Gasteiger charge is 2.37. The van der Waals surface area contributed by atoms with Crippen LogP contribution in [0.3, 0.4) is 0 Å². The second-order valence-corrected chi connectivity index (χ2v) is 14.1. The number of nitrogens with zero attached hydrogens (tertiary/aromatic N) is 2. The largest absolute Gasteiger partial charge is 0.361 e. The van der Waals surface area contributed by atoms with Crippen LogP contribution in [0.4, 0.5) is 4.79 Å². The zero-order valence-electron chi connectivity index (χ0n) is 31.7. The third-order valence-electron chi connectivity index (χ3n) is 10.0. The number of aromatic nitrogens is 1. The number of amides is 6. The smallest absolute Gasteiger partial charge is 0.312 e. The first kappa shape index (κ1) is 41.0. The Morgan fingerprint density at radius 3 is 2.36 bits per heavy atom. The molecule has 0 bridgehead atoms. The molecule has 4 aromatic rings. The number of para-hydroxylation sites is 1. The zero-order chi connectivity index (χ0) is 39.9. The van der Waals surface area contributed by atoms with Crippen molar-refractivity contribution in [1.29, 1.82) is 5.26 Å². The number of carbonyl (C=O) groups excluding carboxylic acids is 5. The molecule has 1 aliphatic rings. The molecule has 0 unspecified atom stereocenters. The van der Waals surface area contributed by atoms with Crippen LogP contribution in [0.2, 0.25) is 0 Å². The molecule has 56 heavy (non-hydrogen) atoms. The second-order valence-electron chi connectivity index (χ2n) is 14.1. The summed E-state index contributed by atoms with van der Waals surface area (Å²) in [6.45, 7) is 2.71. The first-order chi connectivity index (χ1) is 27.1. The van der Waals surface area contributed by atoms with Crippen molar-refractivity contribution >= 4 is 40.6 Å². The minimum atomic E-state index is -1.12. The fourth-order valence-corrected chi connectivity index (χ4v) is 7.01. The van der Waals surface area contributed by atoms with Gasteiger partial charge in [-0.2, -0.15) is 5.26 Å². The lowest BCUT2D eigenvalue weighted by Crippen LogP contribution is -2.60. The van der Waals surface area contributed by atoms with E-state index in [-0.39, 0.29) is 38.4 Å². The van der Waals surface area contributed by atoms with Crippen molar-refractivity contribution in [2.24, 2.45) is 5.73 Å². The highest BCUT2D eigenvalue weighted by atomic mass is 16.2. The van der Waals surface area contributed by atoms with Crippen LogP contribution in [0.15, 0.2) is 85.1 Å². The summed E-state index contributed by atoms with van der Waals surface area (Å²) < 4.78 is 0. The van der Waals surface area contributed by atoms with Crippen LogP contribution in [0.25, 0.3) is 10.9 Å². The lowest BCUT2D eigenvalue weighted by molar-refractivity contribution is -0.144. The molecule has 14 heteroatoms. The fourth-order valence-electron chi connectivity index (χ4n) is 7.01. The predicted molar refractivity (Wildman–Crippen MR) is 213 cm³/mol. The average Bonchev–Trinajstić information content (AvgIpc) is 3.62. The van der Waals surface area contributed by atoms with Crippen LogP contribution in [0.5, 0.6) is 0 Å². The van der Waals surface area contributed by atoms with E-state index in [0.29, 0.717) is 38.6 Å². The highest BCUT2D eigenvalue weighted by molar-refractivity contribution is 5.95. The number of nitrogens with one attached hydrogen (secondary N) is 6. The van der Waals surface area contributed by atoms with Crippen LogP contribution in [0.1, 0.15) is 54.4 Å². The summed E-state index contributed by atoms with van der Waals surface area (Å²) in [7, 11) is 0. The van der Waals surface area contributed by atoms with Crippen LogP contribution < -0.4 is 32.3 Å². The van der Waals surface area contributed by atoms with Crippen LogP contribution in [-0.4, -0.2) is 83.3 Å². The molecule has 1 fully saturated rings. The Kier molecular flexibility index (Phi) is 15.0. The van der Waals surface area contributed by atoms with Gasteiger partial charge in [0.2, 0.25) is 23.6 Å². The standard InChI is InChI=1S/C42H51N9O5/c1-28-16-18-30(19-17-28)26-48-38(52)34(14-9-21-46-42(44)56)49-39(53)35(25-31-27-47-33-13-6-5-12-32(31)33)50-40(54)37-15-7-8-23-51(37)41(55)36(45-22-20-43)24-29-10-3-2-4-11-29/h2-6,10-13,16-19,27,34-37,45,47H,7-9,14-15,21-26H2,1H3,(H,48,52)(H,49,53)(H,50,54)(H3,44,46,56)/t34-,35-,36-,37-/m0/s1. The fraction of sp³-hybridized carbons (Fsp3) is 0.381. The Morgan fingerprint density at radius 2 is 1.61 bits per heavy atom. The van der Waals surface area contributed by atoms with Gasteiger partial charge >= 0.3 is 6.03 Å². The molecule has 0 saturated carbocycles. The van der Waals surface area contributed by atoms with Gasteiger partial charge < -0.3 is 36.9 Å². The number of likely N-dealkylation sites (tertiary alicyclic amines) is 1. The van der Waals surface area contributed by atoms with Gasteiger partial charge in [0.25, 0.3) is 0 Å². The highest BCUT2D eigenvalue weighted by Crippen LogP contribution is 2.22. The molecular weight excluding hydrogens is 711 g/mol. The number of nitriles is 1. The number of rotatable bonds is 18. The summed E-state index contributed by atoms with van der Waals surface area (Å²) in [6, 6.07) is 22.5. The van der Waals surface area contributed by atoms with E-state index in [2.05, 4.69) is 31.6 Å². The number of benzene rings is 3. The molecule has 3 aromatic carbocycles. The minimum absolute atomic E-state index is 0.0425. The number of urea groups is 1. The van der Waals surface area contributed by atoms with Crippen LogP contribution >= 0.6 is 0 Å². The maximum atomic E-state index is 14.3. The molecule has 1 aliphatic heterocycles. The van der Waals surface area contributed by atoms with E-state index in [4.69, 9.17) is 5.73 Å². The molecule has 1 aromatic heterocycles. The summed E-state index contributed by atoms with van der Waals surface area (Å²) in [5.74, 6) is -1.78. The van der Waals surface area contributed by atoms with Gasteiger partial charge in [0.15, 0.2) is 0 Å². The number of hydrogen-bond acceptors (Lipinski definition) is 7. The summed E-state index contributed by atoms with van der Waals surface area (Å²) in [5.41, 5.74) is 9.77. The van der Waals surface area contributed by atoms with Crippen LogP contribution in [-0.2, 0) is 38.6 Å². The van der Waals surface area contributed by atoms with E-state index in [0.717, 1.165) is 33.2 Å². The number of piperidine rings is 1. The average molecular weight is 762 g/mol. The third-order valence-corrected chi connectivity index (χ3v) is 10.0. The van der Waals surface area contributed by atoms with Gasteiger partial charge in [-0.3, -0.25) is 24.5 Å². The van der Waals surface area contributed by atoms with Crippen molar-refractivity contribution in [3.63, 3.8) is 0 Å². The Morgan fingerprint density at radius 1 is 0.857 bits per heavy atom. The van der Waals surface area contributed by atoms with Gasteiger partial charge in [0.05, 0.1) is 18.7 Å². The van der Waals surface area contributed by atoms with Gasteiger partial charge in [0, 0.05) is 43.2 Å². The van der Waals surface area contributed by atoms with Crippen molar-refractivity contribution in [3.8, 4) is 6.07 Å². The maximum Gasteiger partial charge on any atom is 0.312 e. The number of aromatic amines is 1. The summed E-state index contributed by atoms with van der Waals surface area (Å²) in [6.07, 6.45) is 4.56. The Hall–Kier alpha value is -6.20. The van der Waals surface area contributed by atoms with E-state index in [9.17, 15) is 29.2 Å². The molecule has 1 saturated heterocycles. The summed E-state index contributed by atoms with van der Waals surface area (Å²) in [4.78, 5) is 72.4. The molecule has 5 rings (SSSR count). The monoisotopic (exact) mass is 761 g/mol. The predicted octanol–water partition coefficient (Wildman–Crippen LogP) is 2.86. The van der Waals surface area contributed by atoms with E-state index in [1.54, 1.807) is 11.1 Å². The van der Waals surface area contributed by atoms with Gasteiger partial charge in [-0.25, -0.2) is 4.79 Å². The van der Waals surface area contributed by atoms with Crippen molar-refractivity contribution in [1.82, 2.24) is 36.5 Å². The van der Waals surface area contributed by atoms with Crippen molar-refractivity contribution in [2.45, 2.75) is 82.6 Å². The minimum Gasteiger partial charge on any atom is -0.361 e. The van der Waals surface area contributed by atoms with Crippen molar-refractivity contribution in [2.75, 3.05) is 19.6 Å². The Balaban J connectivity index is 1.37. The molecular formula is C42H51N9O5. The van der Waals surface area contributed by atoms with Crippen LogP contribution in [0, 0.1) is 18.3 Å². The Bertz CT molecular complexity index is 1990. The molecule has 4 atom stereocenters. The lowest BCUT2D eigenvalue weighted by atomic mass is 9.97. The molecule has 0 radical (unpaired) electrons. The lowest BCUT2D eigenvalue weighted by Gasteiger charge is -2.37. The summed E-state index contributed by atoms with van der Waals surface area (Å²) >= 11 is 0. The second kappa shape index (κ2) is 20.5. The van der Waals surface area contributed by atoms with Gasteiger partial charge in [-0.15, -0.1) is 0 Å². The van der Waals surface area contributed by atoms with Gasteiger partial charge in [-0.05, 0) is 68.2 Å². The van der Waals surface area contributed by atoms with Crippen molar-refractivity contribution in [3.05, 3.63) is 107 Å². The summed E-state index contributed by atoms with van der Waals surface area (Å²) in [5, 5.41) is 24.5. The first-order valence-electron chi connectivity index (χ1n) is 19.1.